The summed E-state index contributed by atoms with van der Waals surface area (Å²) in [6.45, 7) is 11.7. The highest BCUT2D eigenvalue weighted by atomic mass is 35.5. The van der Waals surface area contributed by atoms with Gasteiger partial charge in [0.05, 0.1) is 6.54 Å². The van der Waals surface area contributed by atoms with Gasteiger partial charge in [-0.05, 0) is 36.1 Å². The number of likely N-dealkylation sites (N-methyl/N-ethyl adjacent to an activating group) is 1. The SMILES string of the molecule is CCN(CC(=O)N(CC(C)C)c1c(N)n(CC(C)C)c(=O)[nH]c1=O)Cc1cccc(Cl)c1. The van der Waals surface area contributed by atoms with Gasteiger partial charge < -0.3 is 10.6 Å². The van der Waals surface area contributed by atoms with Crippen LogP contribution in [0.15, 0.2) is 33.9 Å². The predicted octanol–water partition coefficient (Wildman–Crippen LogP) is 2.94. The van der Waals surface area contributed by atoms with Gasteiger partial charge in [0, 0.05) is 24.7 Å². The van der Waals surface area contributed by atoms with E-state index in [9.17, 15) is 14.4 Å². The van der Waals surface area contributed by atoms with Crippen LogP contribution in [0, 0.1) is 11.8 Å². The van der Waals surface area contributed by atoms with Gasteiger partial charge in [-0.15, -0.1) is 0 Å². The lowest BCUT2D eigenvalue weighted by Crippen LogP contribution is -2.46. The van der Waals surface area contributed by atoms with Crippen molar-refractivity contribution in [2.45, 2.75) is 47.7 Å². The first-order valence-corrected chi connectivity index (χ1v) is 11.3. The maximum Gasteiger partial charge on any atom is 0.330 e. The number of nitrogens with one attached hydrogen (secondary N) is 1. The summed E-state index contributed by atoms with van der Waals surface area (Å²) in [5.74, 6) is -0.0172. The number of benzene rings is 1. The Hall–Kier alpha value is -2.58. The maximum atomic E-state index is 13.4. The normalized spacial score (nSPS) is 11.5. The van der Waals surface area contributed by atoms with E-state index in [0.29, 0.717) is 31.2 Å². The number of hydrogen-bond acceptors (Lipinski definition) is 5. The Kier molecular flexibility index (Phi) is 9.09. The number of nitrogens with two attached hydrogens (primary N) is 1. The molecule has 0 spiro atoms. The van der Waals surface area contributed by atoms with Gasteiger partial charge in [0.25, 0.3) is 5.56 Å². The number of carbonyl (C=O) groups excluding carboxylic acids is 1. The van der Waals surface area contributed by atoms with Crippen molar-refractivity contribution in [2.24, 2.45) is 11.8 Å². The van der Waals surface area contributed by atoms with Gasteiger partial charge in [-0.1, -0.05) is 58.4 Å². The van der Waals surface area contributed by atoms with E-state index in [1.54, 1.807) is 6.07 Å². The minimum Gasteiger partial charge on any atom is -0.383 e. The number of nitrogens with zero attached hydrogens (tertiary/aromatic N) is 3. The molecule has 0 atom stereocenters. The number of halogens is 1. The summed E-state index contributed by atoms with van der Waals surface area (Å²) in [5, 5.41) is 0.637. The lowest BCUT2D eigenvalue weighted by molar-refractivity contribution is -0.120. The van der Waals surface area contributed by atoms with Gasteiger partial charge in [0.2, 0.25) is 5.91 Å². The Morgan fingerprint density at radius 1 is 1.19 bits per heavy atom. The fraction of sp³-hybridized carbons (Fsp3) is 0.522. The quantitative estimate of drug-likeness (QED) is 0.563. The van der Waals surface area contributed by atoms with E-state index >= 15 is 0 Å². The van der Waals surface area contributed by atoms with Gasteiger partial charge >= 0.3 is 5.69 Å². The van der Waals surface area contributed by atoms with E-state index in [-0.39, 0.29) is 35.8 Å². The molecule has 32 heavy (non-hydrogen) atoms. The fourth-order valence-corrected chi connectivity index (χ4v) is 3.73. The Morgan fingerprint density at radius 2 is 1.88 bits per heavy atom. The number of aromatic amines is 1. The Labute approximate surface area is 194 Å². The third-order valence-corrected chi connectivity index (χ3v) is 5.22. The second kappa shape index (κ2) is 11.3. The number of anilines is 2. The summed E-state index contributed by atoms with van der Waals surface area (Å²) in [4.78, 5) is 44.2. The molecule has 0 bridgehead atoms. The van der Waals surface area contributed by atoms with Gasteiger partial charge in [0.15, 0.2) is 5.69 Å². The second-order valence-electron chi connectivity index (χ2n) is 8.83. The van der Waals surface area contributed by atoms with Crippen LogP contribution in [0.4, 0.5) is 11.5 Å². The number of H-pyrrole nitrogens is 1. The van der Waals surface area contributed by atoms with Crippen LogP contribution in [0.1, 0.15) is 40.2 Å². The molecular weight excluding hydrogens is 430 g/mol. The van der Waals surface area contributed by atoms with Crippen molar-refractivity contribution in [3.63, 3.8) is 0 Å². The molecular formula is C23H34ClN5O3. The minimum absolute atomic E-state index is 0.0133. The van der Waals surface area contributed by atoms with Gasteiger partial charge in [-0.3, -0.25) is 24.0 Å². The monoisotopic (exact) mass is 463 g/mol. The second-order valence-corrected chi connectivity index (χ2v) is 9.27. The third kappa shape index (κ3) is 6.71. The first-order valence-electron chi connectivity index (χ1n) is 10.9. The zero-order valence-electron chi connectivity index (χ0n) is 19.5. The van der Waals surface area contributed by atoms with E-state index in [1.165, 1.54) is 9.47 Å². The molecule has 3 N–H and O–H groups in total. The number of carbonyl (C=O) groups is 1. The molecule has 0 radical (unpaired) electrons. The van der Waals surface area contributed by atoms with E-state index in [2.05, 4.69) is 4.98 Å². The van der Waals surface area contributed by atoms with Crippen molar-refractivity contribution < 1.29 is 4.79 Å². The summed E-state index contributed by atoms with van der Waals surface area (Å²) in [6.07, 6.45) is 0. The fourth-order valence-electron chi connectivity index (χ4n) is 3.52. The van der Waals surface area contributed by atoms with Crippen molar-refractivity contribution in [3.8, 4) is 0 Å². The molecule has 8 nitrogen and oxygen atoms in total. The van der Waals surface area contributed by atoms with Crippen molar-refractivity contribution in [2.75, 3.05) is 30.3 Å². The molecule has 2 aromatic rings. The Morgan fingerprint density at radius 3 is 2.44 bits per heavy atom. The summed E-state index contributed by atoms with van der Waals surface area (Å²) < 4.78 is 1.32. The number of aromatic nitrogens is 2. The molecule has 0 saturated carbocycles. The third-order valence-electron chi connectivity index (χ3n) is 4.98. The first kappa shape index (κ1) is 25.7. The van der Waals surface area contributed by atoms with Crippen LogP contribution in [-0.4, -0.2) is 40.0 Å². The molecule has 2 rings (SSSR count). The molecule has 0 fully saturated rings. The lowest BCUT2D eigenvalue weighted by Gasteiger charge is -2.29. The summed E-state index contributed by atoms with van der Waals surface area (Å²) >= 11 is 6.09. The largest absolute Gasteiger partial charge is 0.383 e. The summed E-state index contributed by atoms with van der Waals surface area (Å²) in [5.41, 5.74) is 6.07. The molecule has 0 aliphatic rings. The molecule has 1 amide bonds. The number of hydrogen-bond donors (Lipinski definition) is 2. The van der Waals surface area contributed by atoms with Crippen molar-refractivity contribution in [3.05, 3.63) is 55.7 Å². The standard InChI is InChI=1S/C23H34ClN5O3/c1-6-27(13-17-8-7-9-18(24)10-17)14-19(30)28(11-15(2)3)20-21(25)29(12-16(4)5)23(32)26-22(20)31/h7-10,15-16H,6,11-14,25H2,1-5H3,(H,26,31,32). The zero-order chi connectivity index (χ0) is 24.0. The molecule has 176 valence electrons. The van der Waals surface area contributed by atoms with Crippen LogP contribution in [0.2, 0.25) is 5.02 Å². The molecule has 1 aromatic heterocycles. The average Bonchev–Trinajstić information content (AvgIpc) is 2.69. The predicted molar refractivity (Wildman–Crippen MR) is 130 cm³/mol. The Balaban J connectivity index is 2.40. The Bertz CT molecular complexity index is 1040. The van der Waals surface area contributed by atoms with E-state index < -0.39 is 11.2 Å². The van der Waals surface area contributed by atoms with Crippen molar-refractivity contribution in [1.82, 2.24) is 14.5 Å². The highest BCUT2D eigenvalue weighted by Gasteiger charge is 2.26. The molecule has 0 saturated heterocycles. The molecule has 1 heterocycles. The minimum atomic E-state index is -0.653. The molecule has 0 unspecified atom stereocenters. The maximum absolute atomic E-state index is 13.4. The lowest BCUT2D eigenvalue weighted by atomic mass is 10.1. The topological polar surface area (TPSA) is 104 Å². The van der Waals surface area contributed by atoms with Crippen molar-refractivity contribution in [1.29, 1.82) is 0 Å². The molecule has 0 aliphatic heterocycles. The summed E-state index contributed by atoms with van der Waals surface area (Å²) in [7, 11) is 0. The van der Waals surface area contributed by atoms with E-state index in [1.807, 2.05) is 57.7 Å². The molecule has 0 aliphatic carbocycles. The van der Waals surface area contributed by atoms with Gasteiger partial charge in [-0.2, -0.15) is 0 Å². The van der Waals surface area contributed by atoms with Gasteiger partial charge in [-0.25, -0.2) is 4.79 Å². The average molecular weight is 464 g/mol. The first-order chi connectivity index (χ1) is 15.0. The molecule has 9 heteroatoms. The smallest absolute Gasteiger partial charge is 0.330 e. The van der Waals surface area contributed by atoms with Crippen molar-refractivity contribution >= 4 is 29.0 Å². The molecule has 1 aromatic carbocycles. The number of nitrogen functional groups attached to an aromatic ring is 1. The highest BCUT2D eigenvalue weighted by Crippen LogP contribution is 2.20. The highest BCUT2D eigenvalue weighted by molar-refractivity contribution is 6.30. The van der Waals surface area contributed by atoms with E-state index in [0.717, 1.165) is 5.56 Å². The van der Waals surface area contributed by atoms with Crippen LogP contribution in [-0.2, 0) is 17.9 Å². The number of amides is 1. The van der Waals surface area contributed by atoms with Crippen LogP contribution in [0.25, 0.3) is 0 Å². The van der Waals surface area contributed by atoms with Crippen LogP contribution >= 0.6 is 11.6 Å². The van der Waals surface area contributed by atoms with E-state index in [4.69, 9.17) is 17.3 Å². The summed E-state index contributed by atoms with van der Waals surface area (Å²) in [6, 6.07) is 7.50. The van der Waals surface area contributed by atoms with Gasteiger partial charge in [0.1, 0.15) is 5.82 Å². The van der Waals surface area contributed by atoms with Crippen LogP contribution < -0.4 is 21.9 Å². The zero-order valence-corrected chi connectivity index (χ0v) is 20.3. The van der Waals surface area contributed by atoms with Crippen LogP contribution in [0.5, 0.6) is 0 Å². The number of rotatable bonds is 10. The van der Waals surface area contributed by atoms with Crippen LogP contribution in [0.3, 0.4) is 0 Å².